The minimum atomic E-state index is -1.06. The van der Waals surface area contributed by atoms with Crippen LogP contribution in [0.15, 0.2) is 18.3 Å². The Labute approximate surface area is 101 Å². The van der Waals surface area contributed by atoms with E-state index in [1.165, 1.54) is 12.3 Å². The molecule has 0 saturated heterocycles. The highest BCUT2D eigenvalue weighted by Gasteiger charge is 2.21. The molecule has 1 heterocycles. The van der Waals surface area contributed by atoms with E-state index in [2.05, 4.69) is 10.3 Å². The zero-order valence-electron chi connectivity index (χ0n) is 10.1. The molecule has 0 aliphatic heterocycles. The average molecular weight is 238 g/mol. The Kier molecular flexibility index (Phi) is 4.45. The summed E-state index contributed by atoms with van der Waals surface area (Å²) in [6.07, 6.45) is 2.73. The van der Waals surface area contributed by atoms with E-state index in [1.54, 1.807) is 6.07 Å². The topological polar surface area (TPSA) is 82.5 Å². The van der Waals surface area contributed by atoms with Gasteiger partial charge in [-0.1, -0.05) is 13.8 Å². The van der Waals surface area contributed by atoms with Gasteiger partial charge >= 0.3 is 5.97 Å². The van der Waals surface area contributed by atoms with Crippen LogP contribution in [-0.4, -0.2) is 33.3 Å². The number of rotatable bonds is 6. The van der Waals surface area contributed by atoms with Gasteiger partial charge in [-0.2, -0.15) is 0 Å². The van der Waals surface area contributed by atoms with Crippen molar-refractivity contribution in [1.82, 2.24) is 4.98 Å². The number of nitrogens with one attached hydrogen (secondary N) is 1. The molecule has 0 bridgehead atoms. The summed E-state index contributed by atoms with van der Waals surface area (Å²) in [5, 5.41) is 21.9. The lowest BCUT2D eigenvalue weighted by Crippen LogP contribution is -2.35. The number of carboxylic acids is 1. The lowest BCUT2D eigenvalue weighted by atomic mass is 9.97. The van der Waals surface area contributed by atoms with Crippen LogP contribution in [0.25, 0.3) is 0 Å². The van der Waals surface area contributed by atoms with Gasteiger partial charge in [0, 0.05) is 18.4 Å². The van der Waals surface area contributed by atoms with Crippen LogP contribution >= 0.6 is 0 Å². The van der Waals surface area contributed by atoms with Crippen LogP contribution in [0, 0.1) is 0 Å². The van der Waals surface area contributed by atoms with Crippen LogP contribution in [-0.2, 0) is 0 Å². The van der Waals surface area contributed by atoms with Gasteiger partial charge < -0.3 is 15.5 Å². The first-order valence-electron chi connectivity index (χ1n) is 5.66. The molecule has 0 aliphatic rings. The molecule has 0 radical (unpaired) electrons. The van der Waals surface area contributed by atoms with Crippen LogP contribution in [0.4, 0.5) is 5.69 Å². The van der Waals surface area contributed by atoms with Gasteiger partial charge in [0.05, 0.1) is 5.60 Å². The van der Waals surface area contributed by atoms with Crippen LogP contribution in [0.5, 0.6) is 0 Å². The van der Waals surface area contributed by atoms with E-state index < -0.39 is 11.6 Å². The van der Waals surface area contributed by atoms with E-state index >= 15 is 0 Å². The van der Waals surface area contributed by atoms with Gasteiger partial charge in [-0.05, 0) is 25.0 Å². The van der Waals surface area contributed by atoms with Crippen molar-refractivity contribution in [3.05, 3.63) is 24.0 Å². The number of carboxylic acid groups (broad SMARTS) is 1. The first-order chi connectivity index (χ1) is 8.00. The van der Waals surface area contributed by atoms with Crippen molar-refractivity contribution < 1.29 is 15.0 Å². The Morgan fingerprint density at radius 2 is 2.12 bits per heavy atom. The molecule has 0 atom stereocenters. The number of aromatic carboxylic acids is 1. The second kappa shape index (κ2) is 5.63. The highest BCUT2D eigenvalue weighted by atomic mass is 16.4. The number of aliphatic hydroxyl groups is 1. The van der Waals surface area contributed by atoms with Gasteiger partial charge in [0.15, 0.2) is 0 Å². The van der Waals surface area contributed by atoms with Crippen molar-refractivity contribution in [1.29, 1.82) is 0 Å². The Hall–Kier alpha value is -1.62. The number of aromatic nitrogens is 1. The van der Waals surface area contributed by atoms with Crippen molar-refractivity contribution in [2.24, 2.45) is 0 Å². The zero-order valence-corrected chi connectivity index (χ0v) is 10.1. The molecule has 0 amide bonds. The predicted molar refractivity (Wildman–Crippen MR) is 65.2 cm³/mol. The fraction of sp³-hybridized carbons (Fsp3) is 0.500. The third-order valence-electron chi connectivity index (χ3n) is 2.92. The summed E-state index contributed by atoms with van der Waals surface area (Å²) in [6, 6.07) is 3.13. The number of nitrogens with zero attached hydrogens (tertiary/aromatic N) is 1. The van der Waals surface area contributed by atoms with Crippen molar-refractivity contribution in [2.75, 3.05) is 11.9 Å². The minimum Gasteiger partial charge on any atom is -0.477 e. The number of anilines is 1. The predicted octanol–water partition coefficient (Wildman–Crippen LogP) is 1.74. The molecule has 0 saturated carbocycles. The smallest absolute Gasteiger partial charge is 0.354 e. The largest absolute Gasteiger partial charge is 0.477 e. The van der Waals surface area contributed by atoms with Crippen molar-refractivity contribution in [2.45, 2.75) is 32.3 Å². The first-order valence-corrected chi connectivity index (χ1v) is 5.66. The maximum Gasteiger partial charge on any atom is 0.354 e. The molecule has 0 unspecified atom stereocenters. The van der Waals surface area contributed by atoms with E-state index in [4.69, 9.17) is 5.11 Å². The lowest BCUT2D eigenvalue weighted by molar-refractivity contribution is 0.0457. The van der Waals surface area contributed by atoms with Crippen LogP contribution in [0.2, 0.25) is 0 Å². The number of hydrogen-bond acceptors (Lipinski definition) is 4. The Morgan fingerprint density at radius 3 is 2.65 bits per heavy atom. The maximum atomic E-state index is 10.7. The second-order valence-corrected chi connectivity index (χ2v) is 4.02. The van der Waals surface area contributed by atoms with Crippen molar-refractivity contribution in [3.63, 3.8) is 0 Å². The molecule has 1 aromatic heterocycles. The lowest BCUT2D eigenvalue weighted by Gasteiger charge is -2.25. The van der Waals surface area contributed by atoms with E-state index in [-0.39, 0.29) is 5.69 Å². The van der Waals surface area contributed by atoms with E-state index in [9.17, 15) is 9.90 Å². The fourth-order valence-electron chi connectivity index (χ4n) is 1.42. The standard InChI is InChI=1S/C12H18N2O3/c1-3-12(17,4-2)8-14-9-5-6-13-10(7-9)11(15)16/h5-7,17H,3-4,8H2,1-2H3,(H,13,14)(H,15,16). The molecule has 5 nitrogen and oxygen atoms in total. The molecule has 0 spiro atoms. The second-order valence-electron chi connectivity index (χ2n) is 4.02. The Bertz CT molecular complexity index is 389. The molecular formula is C12H18N2O3. The molecular weight excluding hydrogens is 220 g/mol. The summed E-state index contributed by atoms with van der Waals surface area (Å²) in [7, 11) is 0. The van der Waals surface area contributed by atoms with Crippen LogP contribution in [0.1, 0.15) is 37.2 Å². The third kappa shape index (κ3) is 3.71. The monoisotopic (exact) mass is 238 g/mol. The summed E-state index contributed by atoms with van der Waals surface area (Å²) in [5.74, 6) is -1.06. The molecule has 0 aliphatic carbocycles. The van der Waals surface area contributed by atoms with Gasteiger partial charge in [-0.15, -0.1) is 0 Å². The molecule has 0 aromatic carbocycles. The van der Waals surface area contributed by atoms with E-state index in [1.807, 2.05) is 13.8 Å². The van der Waals surface area contributed by atoms with Gasteiger partial charge in [0.25, 0.3) is 0 Å². The van der Waals surface area contributed by atoms with E-state index in [0.29, 0.717) is 25.1 Å². The van der Waals surface area contributed by atoms with E-state index in [0.717, 1.165) is 0 Å². The maximum absolute atomic E-state index is 10.7. The Morgan fingerprint density at radius 1 is 1.47 bits per heavy atom. The molecule has 17 heavy (non-hydrogen) atoms. The summed E-state index contributed by atoms with van der Waals surface area (Å²) >= 11 is 0. The summed E-state index contributed by atoms with van der Waals surface area (Å²) in [4.78, 5) is 14.4. The number of hydrogen-bond donors (Lipinski definition) is 3. The average Bonchev–Trinajstić information content (AvgIpc) is 2.36. The van der Waals surface area contributed by atoms with Crippen molar-refractivity contribution >= 4 is 11.7 Å². The molecule has 94 valence electrons. The quantitative estimate of drug-likeness (QED) is 0.703. The van der Waals surface area contributed by atoms with Gasteiger partial charge in [-0.25, -0.2) is 9.78 Å². The normalized spacial score (nSPS) is 11.2. The van der Waals surface area contributed by atoms with Crippen LogP contribution < -0.4 is 5.32 Å². The summed E-state index contributed by atoms with van der Waals surface area (Å²) in [5.41, 5.74) is -0.114. The molecule has 1 rings (SSSR count). The molecule has 0 fully saturated rings. The first kappa shape index (κ1) is 13.4. The fourth-order valence-corrected chi connectivity index (χ4v) is 1.42. The highest BCUT2D eigenvalue weighted by Crippen LogP contribution is 2.16. The van der Waals surface area contributed by atoms with Gasteiger partial charge in [-0.3, -0.25) is 0 Å². The minimum absolute atomic E-state index is 0.00784. The van der Waals surface area contributed by atoms with Crippen molar-refractivity contribution in [3.8, 4) is 0 Å². The summed E-state index contributed by atoms with van der Waals surface area (Å²) < 4.78 is 0. The van der Waals surface area contributed by atoms with Gasteiger partial charge in [0.1, 0.15) is 5.69 Å². The van der Waals surface area contributed by atoms with Gasteiger partial charge in [0.2, 0.25) is 0 Å². The zero-order chi connectivity index (χ0) is 12.9. The molecule has 5 heteroatoms. The molecule has 3 N–H and O–H groups in total. The molecule has 1 aromatic rings. The number of carbonyl (C=O) groups is 1. The Balaban J connectivity index is 2.69. The SMILES string of the molecule is CCC(O)(CC)CNc1ccnc(C(=O)O)c1. The van der Waals surface area contributed by atoms with Crippen LogP contribution in [0.3, 0.4) is 0 Å². The third-order valence-corrected chi connectivity index (χ3v) is 2.92. The summed E-state index contributed by atoms with van der Waals surface area (Å²) in [6.45, 7) is 4.23. The number of pyridine rings is 1. The highest BCUT2D eigenvalue weighted by molar-refractivity contribution is 5.86.